The van der Waals surface area contributed by atoms with E-state index < -0.39 is 11.9 Å². The van der Waals surface area contributed by atoms with E-state index in [0.717, 1.165) is 4.47 Å². The number of anilines is 1. The number of amides is 1. The van der Waals surface area contributed by atoms with Gasteiger partial charge in [0.05, 0.1) is 25.2 Å². The van der Waals surface area contributed by atoms with Crippen molar-refractivity contribution in [3.8, 4) is 17.6 Å². The normalized spacial score (nSPS) is 15.1. The van der Waals surface area contributed by atoms with Crippen molar-refractivity contribution >= 4 is 33.5 Å². The SMILES string of the molecule is CCOC(=O)C1=C(C)OC(N)=C(C#N)C1c1ccc(OCC(=O)Nc2ccc(Br)cc2)c(OC)c1. The van der Waals surface area contributed by atoms with E-state index in [1.807, 2.05) is 18.2 Å². The van der Waals surface area contributed by atoms with Crippen LogP contribution in [0.3, 0.4) is 0 Å². The molecule has 0 saturated heterocycles. The standard InChI is InChI=1S/C25H24BrN3O6/c1-4-33-25(31)22-14(2)35-24(28)18(12-27)23(22)15-5-10-19(20(11-15)32-3)34-13-21(30)29-17-8-6-16(26)7-9-17/h5-11,23H,4,13,28H2,1-3H3,(H,29,30). The van der Waals surface area contributed by atoms with E-state index in [0.29, 0.717) is 22.7 Å². The zero-order valence-electron chi connectivity index (χ0n) is 19.4. The average molecular weight is 542 g/mol. The Hall–Kier alpha value is -3.97. The number of carbonyl (C=O) groups is 2. The number of ether oxygens (including phenoxy) is 4. The zero-order chi connectivity index (χ0) is 25.5. The molecule has 35 heavy (non-hydrogen) atoms. The highest BCUT2D eigenvalue weighted by Crippen LogP contribution is 2.42. The van der Waals surface area contributed by atoms with Crippen molar-refractivity contribution in [3.63, 3.8) is 0 Å². The van der Waals surface area contributed by atoms with Crippen molar-refractivity contribution in [2.24, 2.45) is 5.73 Å². The molecule has 3 rings (SSSR count). The number of halogens is 1. The number of carbonyl (C=O) groups excluding carboxylic acids is 2. The van der Waals surface area contributed by atoms with Crippen LogP contribution in [0.15, 0.2) is 69.7 Å². The molecular weight excluding hydrogens is 518 g/mol. The van der Waals surface area contributed by atoms with Gasteiger partial charge in [-0.2, -0.15) is 5.26 Å². The Kier molecular flexibility index (Phi) is 8.39. The monoisotopic (exact) mass is 541 g/mol. The molecule has 1 aliphatic heterocycles. The first-order valence-electron chi connectivity index (χ1n) is 10.6. The molecule has 0 saturated carbocycles. The smallest absolute Gasteiger partial charge is 0.338 e. The highest BCUT2D eigenvalue weighted by Gasteiger charge is 2.36. The third-order valence-electron chi connectivity index (χ3n) is 5.11. The summed E-state index contributed by atoms with van der Waals surface area (Å²) in [4.78, 5) is 25.0. The summed E-state index contributed by atoms with van der Waals surface area (Å²) in [6, 6.07) is 14.0. The van der Waals surface area contributed by atoms with Crippen LogP contribution in [-0.4, -0.2) is 32.2 Å². The molecular formula is C25H24BrN3O6. The van der Waals surface area contributed by atoms with E-state index in [1.165, 1.54) is 7.11 Å². The van der Waals surface area contributed by atoms with Crippen molar-refractivity contribution < 1.29 is 28.5 Å². The molecule has 182 valence electrons. The largest absolute Gasteiger partial charge is 0.493 e. The Morgan fingerprint density at radius 1 is 1.20 bits per heavy atom. The number of rotatable bonds is 8. The molecule has 1 aliphatic rings. The lowest BCUT2D eigenvalue weighted by Gasteiger charge is -2.27. The van der Waals surface area contributed by atoms with Gasteiger partial charge in [-0.3, -0.25) is 4.79 Å². The van der Waals surface area contributed by atoms with Gasteiger partial charge in [0.15, 0.2) is 18.1 Å². The van der Waals surface area contributed by atoms with Crippen molar-refractivity contribution in [2.75, 3.05) is 25.6 Å². The van der Waals surface area contributed by atoms with Crippen LogP contribution in [0.1, 0.15) is 25.3 Å². The van der Waals surface area contributed by atoms with E-state index in [4.69, 9.17) is 24.7 Å². The van der Waals surface area contributed by atoms with Crippen LogP contribution >= 0.6 is 15.9 Å². The number of nitrogens with one attached hydrogen (secondary N) is 1. The molecule has 2 aromatic rings. The number of methoxy groups -OCH3 is 1. The molecule has 1 heterocycles. The second-order valence-electron chi connectivity index (χ2n) is 7.37. The van der Waals surface area contributed by atoms with Gasteiger partial charge >= 0.3 is 5.97 Å². The lowest BCUT2D eigenvalue weighted by atomic mass is 9.83. The van der Waals surface area contributed by atoms with Crippen LogP contribution in [0.2, 0.25) is 0 Å². The molecule has 0 bridgehead atoms. The van der Waals surface area contributed by atoms with Crippen LogP contribution in [-0.2, 0) is 19.1 Å². The van der Waals surface area contributed by atoms with E-state index in [9.17, 15) is 14.9 Å². The Bertz CT molecular complexity index is 1230. The molecule has 0 fully saturated rings. The van der Waals surface area contributed by atoms with Crippen molar-refractivity contribution in [1.29, 1.82) is 5.26 Å². The van der Waals surface area contributed by atoms with Gasteiger partial charge in [-0.25, -0.2) is 4.79 Å². The predicted octanol–water partition coefficient (Wildman–Crippen LogP) is 4.12. The van der Waals surface area contributed by atoms with E-state index in [1.54, 1.807) is 44.2 Å². The summed E-state index contributed by atoms with van der Waals surface area (Å²) < 4.78 is 22.6. The third kappa shape index (κ3) is 5.94. The first-order chi connectivity index (χ1) is 16.8. The van der Waals surface area contributed by atoms with Gasteiger partial charge in [0, 0.05) is 10.2 Å². The Balaban J connectivity index is 1.85. The van der Waals surface area contributed by atoms with Crippen molar-refractivity contribution in [1.82, 2.24) is 0 Å². The maximum atomic E-state index is 12.7. The Morgan fingerprint density at radius 3 is 2.54 bits per heavy atom. The van der Waals surface area contributed by atoms with Crippen molar-refractivity contribution in [2.45, 2.75) is 19.8 Å². The van der Waals surface area contributed by atoms with Crippen LogP contribution in [0, 0.1) is 11.3 Å². The summed E-state index contributed by atoms with van der Waals surface area (Å²) in [5.41, 5.74) is 7.35. The van der Waals surface area contributed by atoms with Gasteiger partial charge in [0.25, 0.3) is 5.91 Å². The van der Waals surface area contributed by atoms with Gasteiger partial charge in [-0.1, -0.05) is 22.0 Å². The average Bonchev–Trinajstić information content (AvgIpc) is 2.83. The third-order valence-corrected chi connectivity index (χ3v) is 5.64. The maximum absolute atomic E-state index is 12.7. The first kappa shape index (κ1) is 25.6. The van der Waals surface area contributed by atoms with Gasteiger partial charge in [-0.15, -0.1) is 0 Å². The van der Waals surface area contributed by atoms with Gasteiger partial charge < -0.3 is 30.0 Å². The summed E-state index contributed by atoms with van der Waals surface area (Å²) in [5.74, 6) is -1.02. The number of nitrogens with zero attached hydrogens (tertiary/aromatic N) is 1. The highest BCUT2D eigenvalue weighted by molar-refractivity contribution is 9.10. The molecule has 1 atom stereocenters. The first-order valence-corrected chi connectivity index (χ1v) is 11.4. The van der Waals surface area contributed by atoms with Crippen molar-refractivity contribution in [3.05, 3.63) is 75.3 Å². The lowest BCUT2D eigenvalue weighted by Crippen LogP contribution is -2.25. The minimum absolute atomic E-state index is 0.0725. The quantitative estimate of drug-likeness (QED) is 0.476. The highest BCUT2D eigenvalue weighted by atomic mass is 79.9. The van der Waals surface area contributed by atoms with Crippen LogP contribution in [0.25, 0.3) is 0 Å². The molecule has 0 aliphatic carbocycles. The Morgan fingerprint density at radius 2 is 1.91 bits per heavy atom. The number of allylic oxidation sites excluding steroid dienone is 2. The summed E-state index contributed by atoms with van der Waals surface area (Å²) in [7, 11) is 1.45. The lowest BCUT2D eigenvalue weighted by molar-refractivity contribution is -0.139. The summed E-state index contributed by atoms with van der Waals surface area (Å²) in [6.45, 7) is 3.16. The number of nitrogens with two attached hydrogens (primary N) is 1. The van der Waals surface area contributed by atoms with Crippen LogP contribution in [0.4, 0.5) is 5.69 Å². The number of nitriles is 1. The molecule has 3 N–H and O–H groups in total. The van der Waals surface area contributed by atoms with Gasteiger partial charge in [0.1, 0.15) is 17.4 Å². The number of hydrogen-bond donors (Lipinski definition) is 2. The summed E-state index contributed by atoms with van der Waals surface area (Å²) in [6.07, 6.45) is 0. The molecule has 10 heteroatoms. The second-order valence-corrected chi connectivity index (χ2v) is 8.28. The number of hydrogen-bond acceptors (Lipinski definition) is 8. The fourth-order valence-corrected chi connectivity index (χ4v) is 3.81. The predicted molar refractivity (Wildman–Crippen MR) is 131 cm³/mol. The molecule has 9 nitrogen and oxygen atoms in total. The minimum atomic E-state index is -0.823. The van der Waals surface area contributed by atoms with E-state index in [-0.39, 0.29) is 41.9 Å². The maximum Gasteiger partial charge on any atom is 0.338 e. The van der Waals surface area contributed by atoms with Crippen LogP contribution < -0.4 is 20.5 Å². The fourth-order valence-electron chi connectivity index (χ4n) is 3.54. The summed E-state index contributed by atoms with van der Waals surface area (Å²) in [5, 5.41) is 12.5. The molecule has 0 radical (unpaired) electrons. The molecule has 1 unspecified atom stereocenters. The molecule has 0 spiro atoms. The molecule has 2 aromatic carbocycles. The van der Waals surface area contributed by atoms with E-state index >= 15 is 0 Å². The Labute approximate surface area is 211 Å². The summed E-state index contributed by atoms with van der Waals surface area (Å²) >= 11 is 3.34. The second kappa shape index (κ2) is 11.4. The van der Waals surface area contributed by atoms with Gasteiger partial charge in [0.2, 0.25) is 5.88 Å². The van der Waals surface area contributed by atoms with Crippen LogP contribution in [0.5, 0.6) is 11.5 Å². The number of esters is 1. The van der Waals surface area contributed by atoms with E-state index in [2.05, 4.69) is 21.2 Å². The van der Waals surface area contributed by atoms with Gasteiger partial charge in [-0.05, 0) is 55.8 Å². The molecule has 0 aromatic heterocycles. The number of benzene rings is 2. The topological polar surface area (TPSA) is 133 Å². The molecule has 1 amide bonds. The zero-order valence-corrected chi connectivity index (χ0v) is 21.0. The fraction of sp³-hybridized carbons (Fsp3) is 0.240. The minimum Gasteiger partial charge on any atom is -0.493 e.